The Hall–Kier alpha value is -1.88. The van der Waals surface area contributed by atoms with Gasteiger partial charge >= 0.3 is 0 Å². The molecule has 3 atom stereocenters. The van der Waals surface area contributed by atoms with Crippen molar-refractivity contribution >= 4 is 11.8 Å². The number of rotatable bonds is 8. The number of hydrogen-bond donors (Lipinski definition) is 2. The fourth-order valence-corrected chi connectivity index (χ4v) is 4.40. The summed E-state index contributed by atoms with van der Waals surface area (Å²) in [6, 6.07) is 9.61. The smallest absolute Gasteiger partial charge is 0.242 e. The molecular formula is C23H34N2O3. The maximum Gasteiger partial charge on any atom is 0.242 e. The quantitative estimate of drug-likeness (QED) is 0.716. The van der Waals surface area contributed by atoms with Crippen LogP contribution in [0.2, 0.25) is 0 Å². The fourth-order valence-electron chi connectivity index (χ4n) is 4.40. The molecule has 0 unspecified atom stereocenters. The minimum atomic E-state index is -0.508. The molecule has 0 aliphatic heterocycles. The van der Waals surface area contributed by atoms with E-state index in [2.05, 4.69) is 10.6 Å². The van der Waals surface area contributed by atoms with E-state index in [1.807, 2.05) is 30.3 Å². The molecule has 5 nitrogen and oxygen atoms in total. The van der Waals surface area contributed by atoms with Crippen LogP contribution in [-0.4, -0.2) is 30.0 Å². The molecule has 0 aromatic heterocycles. The first-order valence-corrected chi connectivity index (χ1v) is 10.9. The molecule has 1 aromatic carbocycles. The highest BCUT2D eigenvalue weighted by molar-refractivity contribution is 5.87. The van der Waals surface area contributed by atoms with Crippen LogP contribution >= 0.6 is 0 Å². The van der Waals surface area contributed by atoms with E-state index in [1.165, 1.54) is 19.3 Å². The maximum absolute atomic E-state index is 12.6. The first kappa shape index (κ1) is 20.8. The molecule has 2 fully saturated rings. The zero-order chi connectivity index (χ0) is 19.8. The minimum absolute atomic E-state index is 0.00199. The molecule has 154 valence electrons. The molecule has 2 amide bonds. The number of hydrogen-bond acceptors (Lipinski definition) is 3. The van der Waals surface area contributed by atoms with Crippen molar-refractivity contribution < 1.29 is 14.3 Å². The monoisotopic (exact) mass is 386 g/mol. The van der Waals surface area contributed by atoms with E-state index >= 15 is 0 Å². The maximum atomic E-state index is 12.6. The van der Waals surface area contributed by atoms with Crippen molar-refractivity contribution in [3.63, 3.8) is 0 Å². The fraction of sp³-hybridized carbons (Fsp3) is 0.652. The summed E-state index contributed by atoms with van der Waals surface area (Å²) in [5.74, 6) is 0.365. The highest BCUT2D eigenvalue weighted by Crippen LogP contribution is 2.26. The van der Waals surface area contributed by atoms with E-state index < -0.39 is 6.04 Å². The SMILES string of the molecule is C[C@H](NC(=O)CC1CCCCC1)C(=O)N[C@H]1CCC[C@@H]1OCc1ccccc1. The Labute approximate surface area is 168 Å². The summed E-state index contributed by atoms with van der Waals surface area (Å²) in [7, 11) is 0. The molecule has 0 saturated heterocycles. The molecule has 2 aliphatic carbocycles. The molecule has 0 heterocycles. The number of benzene rings is 1. The minimum Gasteiger partial charge on any atom is -0.371 e. The first-order chi connectivity index (χ1) is 13.6. The second-order valence-corrected chi connectivity index (χ2v) is 8.38. The van der Waals surface area contributed by atoms with E-state index in [-0.39, 0.29) is 24.0 Å². The lowest BCUT2D eigenvalue weighted by atomic mass is 9.87. The van der Waals surface area contributed by atoms with Crippen molar-refractivity contribution in [1.29, 1.82) is 0 Å². The van der Waals surface area contributed by atoms with Crippen LogP contribution < -0.4 is 10.6 Å². The van der Waals surface area contributed by atoms with Crippen LogP contribution in [0.1, 0.15) is 70.3 Å². The van der Waals surface area contributed by atoms with Crippen LogP contribution in [0.25, 0.3) is 0 Å². The normalized spacial score (nSPS) is 23.9. The number of amides is 2. The van der Waals surface area contributed by atoms with Crippen LogP contribution in [0.3, 0.4) is 0 Å². The highest BCUT2D eigenvalue weighted by Gasteiger charge is 2.31. The lowest BCUT2D eigenvalue weighted by molar-refractivity contribution is -0.130. The van der Waals surface area contributed by atoms with Crippen LogP contribution in [0.4, 0.5) is 0 Å². The molecular weight excluding hydrogens is 352 g/mol. The van der Waals surface area contributed by atoms with Gasteiger partial charge in [0.15, 0.2) is 0 Å². The van der Waals surface area contributed by atoms with Crippen molar-refractivity contribution in [3.05, 3.63) is 35.9 Å². The Morgan fingerprint density at radius 3 is 2.54 bits per heavy atom. The van der Waals surface area contributed by atoms with Gasteiger partial charge in [-0.05, 0) is 50.5 Å². The topological polar surface area (TPSA) is 67.4 Å². The van der Waals surface area contributed by atoms with Gasteiger partial charge in [-0.25, -0.2) is 0 Å². The van der Waals surface area contributed by atoms with Crippen LogP contribution in [0.15, 0.2) is 30.3 Å². The van der Waals surface area contributed by atoms with Gasteiger partial charge < -0.3 is 15.4 Å². The summed E-state index contributed by atoms with van der Waals surface area (Å²) < 4.78 is 6.06. The molecule has 2 N–H and O–H groups in total. The number of carbonyl (C=O) groups is 2. The van der Waals surface area contributed by atoms with Crippen LogP contribution in [0, 0.1) is 5.92 Å². The van der Waals surface area contributed by atoms with Gasteiger partial charge in [0, 0.05) is 6.42 Å². The standard InChI is InChI=1S/C23H34N2O3/c1-17(24-22(26)15-18-9-4-2-5-10-18)23(27)25-20-13-8-14-21(20)28-16-19-11-6-3-7-12-19/h3,6-7,11-12,17-18,20-21H,2,4-5,8-10,13-16H2,1H3,(H,24,26)(H,25,27)/t17-,20-,21-/m0/s1. The van der Waals surface area contributed by atoms with Gasteiger partial charge in [0.2, 0.25) is 11.8 Å². The number of ether oxygens (including phenoxy) is 1. The van der Waals surface area contributed by atoms with Crippen molar-refractivity contribution in [3.8, 4) is 0 Å². The van der Waals surface area contributed by atoms with E-state index in [1.54, 1.807) is 6.92 Å². The van der Waals surface area contributed by atoms with Gasteiger partial charge in [0.05, 0.1) is 18.8 Å². The van der Waals surface area contributed by atoms with Crippen LogP contribution in [-0.2, 0) is 20.9 Å². The number of carbonyl (C=O) groups excluding carboxylic acids is 2. The van der Waals surface area contributed by atoms with Crippen molar-refractivity contribution in [2.45, 2.75) is 89.5 Å². The summed E-state index contributed by atoms with van der Waals surface area (Å²) in [6.07, 6.45) is 9.51. The second-order valence-electron chi connectivity index (χ2n) is 8.38. The lowest BCUT2D eigenvalue weighted by Gasteiger charge is -2.25. The van der Waals surface area contributed by atoms with Gasteiger partial charge in [-0.3, -0.25) is 9.59 Å². The van der Waals surface area contributed by atoms with Crippen LogP contribution in [0.5, 0.6) is 0 Å². The van der Waals surface area contributed by atoms with Crippen molar-refractivity contribution in [2.24, 2.45) is 5.92 Å². The average Bonchev–Trinajstić information content (AvgIpc) is 3.14. The Morgan fingerprint density at radius 1 is 1.04 bits per heavy atom. The zero-order valence-corrected chi connectivity index (χ0v) is 17.0. The zero-order valence-electron chi connectivity index (χ0n) is 17.0. The van der Waals surface area contributed by atoms with E-state index in [0.29, 0.717) is 18.9 Å². The Bertz CT molecular complexity index is 628. The predicted octanol–water partition coefficient (Wildman–Crippen LogP) is 3.72. The molecule has 28 heavy (non-hydrogen) atoms. The van der Waals surface area contributed by atoms with Gasteiger partial charge in [-0.1, -0.05) is 49.6 Å². The molecule has 2 aliphatic rings. The third-order valence-corrected chi connectivity index (χ3v) is 6.06. The third kappa shape index (κ3) is 6.33. The summed E-state index contributed by atoms with van der Waals surface area (Å²) in [6.45, 7) is 2.33. The molecule has 5 heteroatoms. The summed E-state index contributed by atoms with van der Waals surface area (Å²) >= 11 is 0. The highest BCUT2D eigenvalue weighted by atomic mass is 16.5. The average molecular weight is 387 g/mol. The molecule has 1 aromatic rings. The first-order valence-electron chi connectivity index (χ1n) is 10.9. The van der Waals surface area contributed by atoms with E-state index in [9.17, 15) is 9.59 Å². The van der Waals surface area contributed by atoms with Crippen molar-refractivity contribution in [1.82, 2.24) is 10.6 Å². The Balaban J connectivity index is 1.41. The largest absolute Gasteiger partial charge is 0.371 e. The molecule has 0 spiro atoms. The molecule has 0 radical (unpaired) electrons. The van der Waals surface area contributed by atoms with E-state index in [0.717, 1.165) is 37.7 Å². The number of nitrogens with one attached hydrogen (secondary N) is 2. The third-order valence-electron chi connectivity index (χ3n) is 6.06. The Morgan fingerprint density at radius 2 is 1.79 bits per heavy atom. The summed E-state index contributed by atoms with van der Waals surface area (Å²) in [5, 5.41) is 5.98. The predicted molar refractivity (Wildman–Crippen MR) is 110 cm³/mol. The summed E-state index contributed by atoms with van der Waals surface area (Å²) in [4.78, 5) is 24.8. The molecule has 2 saturated carbocycles. The summed E-state index contributed by atoms with van der Waals surface area (Å²) in [5.41, 5.74) is 1.14. The van der Waals surface area contributed by atoms with Gasteiger partial charge in [-0.2, -0.15) is 0 Å². The lowest BCUT2D eigenvalue weighted by Crippen LogP contribution is -2.50. The Kier molecular flexibility index (Phi) is 7.90. The van der Waals surface area contributed by atoms with E-state index in [4.69, 9.17) is 4.74 Å². The van der Waals surface area contributed by atoms with Gasteiger partial charge in [0.25, 0.3) is 0 Å². The molecule has 3 rings (SSSR count). The van der Waals surface area contributed by atoms with Gasteiger partial charge in [0.1, 0.15) is 6.04 Å². The van der Waals surface area contributed by atoms with Gasteiger partial charge in [-0.15, -0.1) is 0 Å². The molecule has 0 bridgehead atoms. The second kappa shape index (κ2) is 10.6. The van der Waals surface area contributed by atoms with Crippen molar-refractivity contribution in [2.75, 3.05) is 0 Å².